The summed E-state index contributed by atoms with van der Waals surface area (Å²) in [5, 5.41) is 15.6. The van der Waals surface area contributed by atoms with Gasteiger partial charge in [0.15, 0.2) is 5.82 Å². The highest BCUT2D eigenvalue weighted by Gasteiger charge is 2.07. The molecule has 0 spiro atoms. The number of hydrogen-bond acceptors (Lipinski definition) is 5. The van der Waals surface area contributed by atoms with E-state index in [1.54, 1.807) is 19.1 Å². The van der Waals surface area contributed by atoms with Crippen LogP contribution < -0.4 is 0 Å². The molecule has 0 fully saturated rings. The van der Waals surface area contributed by atoms with Gasteiger partial charge in [0.05, 0.1) is 0 Å². The van der Waals surface area contributed by atoms with E-state index in [2.05, 4.69) is 20.4 Å². The van der Waals surface area contributed by atoms with Crippen molar-refractivity contribution in [3.05, 3.63) is 35.2 Å². The third-order valence-electron chi connectivity index (χ3n) is 2.22. The largest absolute Gasteiger partial charge is 0.298 e. The number of hydrogen-bond donors (Lipinski definition) is 0. The quantitative estimate of drug-likeness (QED) is 0.706. The maximum absolute atomic E-state index is 10.7. The molecule has 0 saturated heterocycles. The number of aryl methyl sites for hydroxylation is 2. The fourth-order valence-electron chi connectivity index (χ4n) is 1.34. The number of aromatic nitrogens is 4. The summed E-state index contributed by atoms with van der Waals surface area (Å²) >= 11 is 0. The average Bonchev–Trinajstić information content (AvgIpc) is 2.31. The highest BCUT2D eigenvalue weighted by atomic mass is 16.1. The van der Waals surface area contributed by atoms with E-state index in [0.29, 0.717) is 17.2 Å². The van der Waals surface area contributed by atoms with Crippen LogP contribution in [0.4, 0.5) is 0 Å². The fourth-order valence-corrected chi connectivity index (χ4v) is 1.34. The number of carbonyl (C=O) groups excluding carboxylic acids is 1. The van der Waals surface area contributed by atoms with E-state index < -0.39 is 0 Å². The van der Waals surface area contributed by atoms with Crippen LogP contribution >= 0.6 is 0 Å². The summed E-state index contributed by atoms with van der Waals surface area (Å²) in [6.45, 7) is 3.64. The molecular formula is C11H10N4O. The highest BCUT2D eigenvalue weighted by Crippen LogP contribution is 2.19. The van der Waals surface area contributed by atoms with Gasteiger partial charge >= 0.3 is 0 Å². The summed E-state index contributed by atoms with van der Waals surface area (Å²) in [7, 11) is 0. The molecule has 0 saturated carbocycles. The van der Waals surface area contributed by atoms with Crippen LogP contribution in [0.5, 0.6) is 0 Å². The van der Waals surface area contributed by atoms with Crippen molar-refractivity contribution < 1.29 is 4.79 Å². The number of carbonyl (C=O) groups is 1. The van der Waals surface area contributed by atoms with Gasteiger partial charge in [-0.05, 0) is 25.5 Å². The molecule has 0 aliphatic carbocycles. The molecule has 0 atom stereocenters. The second-order valence-corrected chi connectivity index (χ2v) is 3.46. The summed E-state index contributed by atoms with van der Waals surface area (Å²) in [6, 6.07) is 5.33. The maximum Gasteiger partial charge on any atom is 0.203 e. The molecule has 2 rings (SSSR count). The Labute approximate surface area is 92.6 Å². The molecule has 80 valence electrons. The lowest BCUT2D eigenvalue weighted by atomic mass is 10.1. The molecule has 0 amide bonds. The number of aldehydes is 1. The van der Waals surface area contributed by atoms with Crippen molar-refractivity contribution in [1.29, 1.82) is 0 Å². The Bertz CT molecular complexity index is 522. The van der Waals surface area contributed by atoms with E-state index in [0.717, 1.165) is 17.4 Å². The predicted molar refractivity (Wildman–Crippen MR) is 57.9 cm³/mol. The molecule has 0 unspecified atom stereocenters. The van der Waals surface area contributed by atoms with Gasteiger partial charge in [-0.2, -0.15) is 0 Å². The lowest BCUT2D eigenvalue weighted by molar-refractivity contribution is 0.112. The molecule has 5 heteroatoms. The topological polar surface area (TPSA) is 68.6 Å². The molecule has 1 aromatic heterocycles. The zero-order chi connectivity index (χ0) is 11.5. The summed E-state index contributed by atoms with van der Waals surface area (Å²) < 4.78 is 0. The molecule has 2 aromatic rings. The molecule has 0 N–H and O–H groups in total. The first-order valence-corrected chi connectivity index (χ1v) is 4.81. The van der Waals surface area contributed by atoms with E-state index in [9.17, 15) is 4.79 Å². The normalized spacial score (nSPS) is 10.1. The van der Waals surface area contributed by atoms with Crippen LogP contribution in [-0.2, 0) is 0 Å². The molecular weight excluding hydrogens is 204 g/mol. The molecule has 16 heavy (non-hydrogen) atoms. The van der Waals surface area contributed by atoms with Crippen molar-refractivity contribution in [3.63, 3.8) is 0 Å². The number of benzene rings is 1. The van der Waals surface area contributed by atoms with Gasteiger partial charge in [0, 0.05) is 11.1 Å². The molecule has 1 heterocycles. The Kier molecular flexibility index (Phi) is 2.68. The van der Waals surface area contributed by atoms with Crippen LogP contribution in [0.3, 0.4) is 0 Å². The van der Waals surface area contributed by atoms with E-state index in [1.165, 1.54) is 0 Å². The van der Waals surface area contributed by atoms with Crippen molar-refractivity contribution in [3.8, 4) is 11.4 Å². The van der Waals surface area contributed by atoms with Crippen LogP contribution in [0.25, 0.3) is 11.4 Å². The third kappa shape index (κ3) is 1.93. The SMILES string of the molecule is Cc1nnc(-c2cc(C=O)ccc2C)nn1. The minimum absolute atomic E-state index is 0.437. The van der Waals surface area contributed by atoms with Crippen LogP contribution in [0, 0.1) is 13.8 Å². The molecule has 1 aromatic carbocycles. The van der Waals surface area contributed by atoms with Gasteiger partial charge in [-0.3, -0.25) is 4.79 Å². The summed E-state index contributed by atoms with van der Waals surface area (Å²) in [4.78, 5) is 10.7. The summed E-state index contributed by atoms with van der Waals surface area (Å²) in [6.07, 6.45) is 0.790. The molecule has 0 aliphatic heterocycles. The maximum atomic E-state index is 10.7. The van der Waals surface area contributed by atoms with Crippen LogP contribution in [0.1, 0.15) is 21.7 Å². The summed E-state index contributed by atoms with van der Waals surface area (Å²) in [5.74, 6) is 0.958. The van der Waals surface area contributed by atoms with E-state index >= 15 is 0 Å². The lowest BCUT2D eigenvalue weighted by Crippen LogP contribution is -2.00. The standard InChI is InChI=1S/C11H10N4O/c1-7-3-4-9(6-16)5-10(7)11-14-12-8(2)13-15-11/h3-6H,1-2H3. The molecule has 0 radical (unpaired) electrons. The average molecular weight is 214 g/mol. The first-order valence-electron chi connectivity index (χ1n) is 4.81. The summed E-state index contributed by atoms with van der Waals surface area (Å²) in [5.41, 5.74) is 2.35. The third-order valence-corrected chi connectivity index (χ3v) is 2.22. The second kappa shape index (κ2) is 4.14. The van der Waals surface area contributed by atoms with Gasteiger partial charge < -0.3 is 0 Å². The second-order valence-electron chi connectivity index (χ2n) is 3.46. The van der Waals surface area contributed by atoms with E-state index in [1.807, 2.05) is 13.0 Å². The monoisotopic (exact) mass is 214 g/mol. The fraction of sp³-hybridized carbons (Fsp3) is 0.182. The predicted octanol–water partition coefficient (Wildman–Crippen LogP) is 1.36. The van der Waals surface area contributed by atoms with Gasteiger partial charge in [0.1, 0.15) is 6.29 Å². The molecule has 0 bridgehead atoms. The van der Waals surface area contributed by atoms with Gasteiger partial charge in [-0.1, -0.05) is 12.1 Å². The van der Waals surface area contributed by atoms with E-state index in [-0.39, 0.29) is 0 Å². The minimum atomic E-state index is 0.437. The number of nitrogens with zero attached hydrogens (tertiary/aromatic N) is 4. The van der Waals surface area contributed by atoms with Crippen LogP contribution in [0.15, 0.2) is 18.2 Å². The van der Waals surface area contributed by atoms with Crippen molar-refractivity contribution >= 4 is 6.29 Å². The van der Waals surface area contributed by atoms with Crippen molar-refractivity contribution in [2.24, 2.45) is 0 Å². The Balaban J connectivity index is 2.54. The highest BCUT2D eigenvalue weighted by molar-refractivity contribution is 5.78. The lowest BCUT2D eigenvalue weighted by Gasteiger charge is -2.03. The first-order chi connectivity index (χ1) is 7.70. The van der Waals surface area contributed by atoms with Crippen LogP contribution in [-0.4, -0.2) is 26.7 Å². The van der Waals surface area contributed by atoms with Gasteiger partial charge in [-0.15, -0.1) is 20.4 Å². The van der Waals surface area contributed by atoms with Crippen molar-refractivity contribution in [1.82, 2.24) is 20.4 Å². The Morgan fingerprint density at radius 1 is 1.06 bits per heavy atom. The van der Waals surface area contributed by atoms with Gasteiger partial charge in [0.25, 0.3) is 0 Å². The zero-order valence-corrected chi connectivity index (χ0v) is 9.01. The minimum Gasteiger partial charge on any atom is -0.298 e. The Morgan fingerprint density at radius 3 is 2.38 bits per heavy atom. The Hall–Kier alpha value is -2.17. The van der Waals surface area contributed by atoms with E-state index in [4.69, 9.17) is 0 Å². The molecule has 0 aliphatic rings. The van der Waals surface area contributed by atoms with Gasteiger partial charge in [-0.25, -0.2) is 0 Å². The zero-order valence-electron chi connectivity index (χ0n) is 9.01. The first kappa shape index (κ1) is 10.4. The smallest absolute Gasteiger partial charge is 0.203 e. The van der Waals surface area contributed by atoms with Crippen molar-refractivity contribution in [2.75, 3.05) is 0 Å². The Morgan fingerprint density at radius 2 is 1.75 bits per heavy atom. The number of rotatable bonds is 2. The molecule has 5 nitrogen and oxygen atoms in total. The van der Waals surface area contributed by atoms with Crippen molar-refractivity contribution in [2.45, 2.75) is 13.8 Å². The van der Waals surface area contributed by atoms with Gasteiger partial charge in [0.2, 0.25) is 5.82 Å². The van der Waals surface area contributed by atoms with Crippen LogP contribution in [0.2, 0.25) is 0 Å².